The van der Waals surface area contributed by atoms with Gasteiger partial charge in [-0.25, -0.2) is 0 Å². The monoisotopic (exact) mass is 210 g/mol. The predicted molar refractivity (Wildman–Crippen MR) is 56.8 cm³/mol. The van der Waals surface area contributed by atoms with Crippen LogP contribution in [0.3, 0.4) is 0 Å². The molecule has 0 aliphatic carbocycles. The summed E-state index contributed by atoms with van der Waals surface area (Å²) in [4.78, 5) is 10.8. The average Bonchev–Trinajstić information content (AvgIpc) is 2.18. The molecule has 1 aromatic carbocycles. The van der Waals surface area contributed by atoms with Crippen molar-refractivity contribution in [2.75, 3.05) is 19.4 Å². The van der Waals surface area contributed by atoms with Gasteiger partial charge >= 0.3 is 5.97 Å². The fourth-order valence-corrected chi connectivity index (χ4v) is 1.35. The Bertz CT molecular complexity index is 366. The second-order valence-corrected chi connectivity index (χ2v) is 3.13. The molecule has 0 amide bonds. The Labute approximate surface area is 87.6 Å². The fourth-order valence-electron chi connectivity index (χ4n) is 1.35. The van der Waals surface area contributed by atoms with E-state index in [2.05, 4.69) is 0 Å². The van der Waals surface area contributed by atoms with Crippen molar-refractivity contribution in [3.63, 3.8) is 0 Å². The molecule has 0 fully saturated rings. The normalized spacial score (nSPS) is 12.1. The maximum atomic E-state index is 10.8. The van der Waals surface area contributed by atoms with Crippen molar-refractivity contribution in [1.82, 2.24) is 0 Å². The molecule has 5 nitrogen and oxygen atoms in total. The van der Waals surface area contributed by atoms with Crippen molar-refractivity contribution in [2.24, 2.45) is 5.73 Å². The van der Waals surface area contributed by atoms with E-state index in [4.69, 9.17) is 21.3 Å². The van der Waals surface area contributed by atoms with Gasteiger partial charge in [0.25, 0.3) is 0 Å². The van der Waals surface area contributed by atoms with E-state index in [1.165, 1.54) is 7.11 Å². The lowest BCUT2D eigenvalue weighted by Gasteiger charge is -2.12. The Kier molecular flexibility index (Phi) is 3.51. The molecule has 5 N–H and O–H groups in total. The van der Waals surface area contributed by atoms with Gasteiger partial charge in [0.15, 0.2) is 0 Å². The van der Waals surface area contributed by atoms with Gasteiger partial charge in [-0.1, -0.05) is 6.07 Å². The number of hydrogen-bond donors (Lipinski definition) is 3. The molecular formula is C10H14N2O3. The topological polar surface area (TPSA) is 98.6 Å². The number of carbonyl (C=O) groups is 1. The Balaban J connectivity index is 3.05. The molecule has 82 valence electrons. The molecular weight excluding hydrogens is 196 g/mol. The molecule has 0 aromatic heterocycles. The number of carboxylic acids is 1. The molecule has 0 aliphatic rings. The highest BCUT2D eigenvalue weighted by Crippen LogP contribution is 2.25. The largest absolute Gasteiger partial charge is 0.495 e. The molecule has 0 spiro atoms. The van der Waals surface area contributed by atoms with Crippen LogP contribution in [0, 0.1) is 0 Å². The molecule has 1 atom stereocenters. The Hall–Kier alpha value is -1.75. The van der Waals surface area contributed by atoms with E-state index in [0.717, 1.165) is 0 Å². The van der Waals surface area contributed by atoms with Crippen molar-refractivity contribution < 1.29 is 14.6 Å². The van der Waals surface area contributed by atoms with Gasteiger partial charge in [0.05, 0.1) is 18.7 Å². The number of nitrogen functional groups attached to an aromatic ring is 1. The maximum Gasteiger partial charge on any atom is 0.312 e. The zero-order valence-electron chi connectivity index (χ0n) is 8.43. The summed E-state index contributed by atoms with van der Waals surface area (Å²) in [6.07, 6.45) is 0. The van der Waals surface area contributed by atoms with E-state index >= 15 is 0 Å². The summed E-state index contributed by atoms with van der Waals surface area (Å²) in [5.74, 6) is -1.15. The third-order valence-corrected chi connectivity index (χ3v) is 2.19. The van der Waals surface area contributed by atoms with Crippen molar-refractivity contribution in [1.29, 1.82) is 0 Å². The number of benzene rings is 1. The van der Waals surface area contributed by atoms with Crippen LogP contribution >= 0.6 is 0 Å². The lowest BCUT2D eigenvalue weighted by Crippen LogP contribution is -2.21. The summed E-state index contributed by atoms with van der Waals surface area (Å²) in [5.41, 5.74) is 12.0. The molecule has 0 saturated carbocycles. The minimum atomic E-state index is -0.956. The molecule has 1 unspecified atom stereocenters. The number of carboxylic acid groups (broad SMARTS) is 1. The lowest BCUT2D eigenvalue weighted by atomic mass is 9.99. The van der Waals surface area contributed by atoms with Gasteiger partial charge in [0, 0.05) is 6.54 Å². The van der Waals surface area contributed by atoms with Crippen LogP contribution in [-0.4, -0.2) is 24.7 Å². The zero-order chi connectivity index (χ0) is 11.4. The number of aliphatic carboxylic acids is 1. The van der Waals surface area contributed by atoms with Gasteiger partial charge < -0.3 is 21.3 Å². The van der Waals surface area contributed by atoms with Crippen LogP contribution in [0.15, 0.2) is 18.2 Å². The molecule has 1 rings (SSSR count). The van der Waals surface area contributed by atoms with Crippen LogP contribution in [-0.2, 0) is 4.79 Å². The van der Waals surface area contributed by atoms with Crippen molar-refractivity contribution in [3.05, 3.63) is 23.8 Å². The minimum absolute atomic E-state index is 0.0428. The van der Waals surface area contributed by atoms with E-state index < -0.39 is 11.9 Å². The number of anilines is 1. The van der Waals surface area contributed by atoms with E-state index in [1.54, 1.807) is 18.2 Å². The van der Waals surface area contributed by atoms with Gasteiger partial charge in [-0.3, -0.25) is 4.79 Å². The number of rotatable bonds is 4. The molecule has 0 aliphatic heterocycles. The standard InChI is InChI=1S/C10H14N2O3/c1-15-9-3-2-6(4-8(9)12)7(5-11)10(13)14/h2-4,7H,5,11-12H2,1H3,(H,13,14). The number of methoxy groups -OCH3 is 1. The Morgan fingerprint density at radius 2 is 2.27 bits per heavy atom. The number of hydrogen-bond acceptors (Lipinski definition) is 4. The molecule has 5 heteroatoms. The molecule has 15 heavy (non-hydrogen) atoms. The van der Waals surface area contributed by atoms with Crippen molar-refractivity contribution in [2.45, 2.75) is 5.92 Å². The van der Waals surface area contributed by atoms with E-state index in [9.17, 15) is 4.79 Å². The summed E-state index contributed by atoms with van der Waals surface area (Å²) in [6.45, 7) is 0.0428. The van der Waals surface area contributed by atoms with Crippen LogP contribution in [0.5, 0.6) is 5.75 Å². The van der Waals surface area contributed by atoms with Gasteiger partial charge in [0.1, 0.15) is 5.75 Å². The first kappa shape index (κ1) is 11.3. The highest BCUT2D eigenvalue weighted by Gasteiger charge is 2.18. The van der Waals surface area contributed by atoms with Crippen molar-refractivity contribution >= 4 is 11.7 Å². The van der Waals surface area contributed by atoms with Crippen LogP contribution in [0.25, 0.3) is 0 Å². The lowest BCUT2D eigenvalue weighted by molar-refractivity contribution is -0.138. The Morgan fingerprint density at radius 3 is 2.67 bits per heavy atom. The third-order valence-electron chi connectivity index (χ3n) is 2.19. The summed E-state index contributed by atoms with van der Waals surface area (Å²) in [5, 5.41) is 8.89. The summed E-state index contributed by atoms with van der Waals surface area (Å²) < 4.78 is 4.97. The van der Waals surface area contributed by atoms with E-state index in [-0.39, 0.29) is 6.54 Å². The van der Waals surface area contributed by atoms with Gasteiger partial charge in [-0.05, 0) is 17.7 Å². The zero-order valence-corrected chi connectivity index (χ0v) is 8.43. The number of ether oxygens (including phenoxy) is 1. The van der Waals surface area contributed by atoms with Gasteiger partial charge in [0.2, 0.25) is 0 Å². The second kappa shape index (κ2) is 4.65. The Morgan fingerprint density at radius 1 is 1.60 bits per heavy atom. The van der Waals surface area contributed by atoms with E-state index in [1.807, 2.05) is 0 Å². The van der Waals surface area contributed by atoms with Crippen LogP contribution in [0.4, 0.5) is 5.69 Å². The first-order valence-electron chi connectivity index (χ1n) is 4.46. The average molecular weight is 210 g/mol. The molecule has 1 aromatic rings. The van der Waals surface area contributed by atoms with Gasteiger partial charge in [-0.15, -0.1) is 0 Å². The van der Waals surface area contributed by atoms with Crippen molar-refractivity contribution in [3.8, 4) is 5.75 Å². The quantitative estimate of drug-likeness (QED) is 0.625. The minimum Gasteiger partial charge on any atom is -0.495 e. The van der Waals surface area contributed by atoms with Gasteiger partial charge in [-0.2, -0.15) is 0 Å². The first-order chi connectivity index (χ1) is 7.10. The fraction of sp³-hybridized carbons (Fsp3) is 0.300. The smallest absolute Gasteiger partial charge is 0.312 e. The van der Waals surface area contributed by atoms with Crippen LogP contribution in [0.2, 0.25) is 0 Å². The first-order valence-corrected chi connectivity index (χ1v) is 4.46. The highest BCUT2D eigenvalue weighted by molar-refractivity contribution is 5.77. The molecule has 0 bridgehead atoms. The maximum absolute atomic E-state index is 10.8. The predicted octanol–water partition coefficient (Wildman–Crippen LogP) is 0.404. The van der Waals surface area contributed by atoms with E-state index in [0.29, 0.717) is 17.0 Å². The van der Waals surface area contributed by atoms with Crippen LogP contribution in [0.1, 0.15) is 11.5 Å². The molecule has 0 heterocycles. The number of nitrogens with two attached hydrogens (primary N) is 2. The molecule has 0 radical (unpaired) electrons. The highest BCUT2D eigenvalue weighted by atomic mass is 16.5. The SMILES string of the molecule is COc1ccc(C(CN)C(=O)O)cc1N. The molecule has 0 saturated heterocycles. The summed E-state index contributed by atoms with van der Waals surface area (Å²) in [6, 6.07) is 4.86. The second-order valence-electron chi connectivity index (χ2n) is 3.13. The third kappa shape index (κ3) is 2.38. The van der Waals surface area contributed by atoms with Crippen LogP contribution < -0.4 is 16.2 Å². The summed E-state index contributed by atoms with van der Waals surface area (Å²) >= 11 is 0. The summed E-state index contributed by atoms with van der Waals surface area (Å²) in [7, 11) is 1.50.